The number of ether oxygens (including phenoxy) is 1. The number of halogens is 2. The lowest BCUT2D eigenvalue weighted by Gasteiger charge is -2.08. The summed E-state index contributed by atoms with van der Waals surface area (Å²) in [5, 5.41) is 4.45. The van der Waals surface area contributed by atoms with Crippen molar-refractivity contribution in [1.29, 1.82) is 0 Å². The Kier molecular flexibility index (Phi) is 6.45. The molecule has 1 aromatic carbocycles. The van der Waals surface area contributed by atoms with Crippen molar-refractivity contribution in [3.63, 3.8) is 0 Å². The van der Waals surface area contributed by atoms with Crippen LogP contribution in [0.1, 0.15) is 5.69 Å². The number of carbonyl (C=O) groups is 1. The third-order valence-corrected chi connectivity index (χ3v) is 6.17. The van der Waals surface area contributed by atoms with E-state index in [0.717, 1.165) is 16.2 Å². The first-order valence-electron chi connectivity index (χ1n) is 9.51. The predicted octanol–water partition coefficient (Wildman–Crippen LogP) is 5.20. The van der Waals surface area contributed by atoms with E-state index in [0.29, 0.717) is 27.8 Å². The van der Waals surface area contributed by atoms with Crippen LogP contribution in [0.15, 0.2) is 53.7 Å². The van der Waals surface area contributed by atoms with Gasteiger partial charge < -0.3 is 15.8 Å². The summed E-state index contributed by atoms with van der Waals surface area (Å²) in [6.45, 7) is 0. The molecule has 3 aromatic heterocycles. The van der Waals surface area contributed by atoms with Gasteiger partial charge in [-0.3, -0.25) is 9.20 Å². The molecule has 4 aromatic rings. The molecular formula is C22H19Cl2N5O2S. The molecule has 0 unspecified atom stereocenters. The molecule has 7 nitrogen and oxygen atoms in total. The SMILES string of the molecule is COc1ccc(-c2cccn3c(SC)c(CC(=O)Nc4ccc(Cl)nc4N)nc23)c(Cl)c1. The fraction of sp³-hybridized carbons (Fsp3) is 0.136. The summed E-state index contributed by atoms with van der Waals surface area (Å²) in [5.74, 6) is 0.568. The molecule has 0 bridgehead atoms. The second-order valence-electron chi connectivity index (χ2n) is 6.82. The first kappa shape index (κ1) is 22.3. The van der Waals surface area contributed by atoms with Crippen molar-refractivity contribution in [1.82, 2.24) is 14.4 Å². The molecule has 0 aliphatic rings. The first-order valence-corrected chi connectivity index (χ1v) is 11.5. The zero-order valence-corrected chi connectivity index (χ0v) is 19.6. The van der Waals surface area contributed by atoms with Gasteiger partial charge in [0.15, 0.2) is 0 Å². The normalized spacial score (nSPS) is 11.0. The molecule has 164 valence electrons. The number of aromatic nitrogens is 3. The van der Waals surface area contributed by atoms with Gasteiger partial charge in [-0.05, 0) is 48.7 Å². The quantitative estimate of drug-likeness (QED) is 0.286. The number of thioether (sulfide) groups is 1. The maximum Gasteiger partial charge on any atom is 0.230 e. The van der Waals surface area contributed by atoms with Crippen LogP contribution >= 0.6 is 35.0 Å². The van der Waals surface area contributed by atoms with Gasteiger partial charge >= 0.3 is 0 Å². The van der Waals surface area contributed by atoms with Gasteiger partial charge in [0, 0.05) is 17.3 Å². The van der Waals surface area contributed by atoms with E-state index in [4.69, 9.17) is 38.7 Å². The minimum atomic E-state index is -0.261. The average Bonchev–Trinajstić information content (AvgIpc) is 3.12. The molecule has 0 fully saturated rings. The fourth-order valence-electron chi connectivity index (χ4n) is 3.38. The lowest BCUT2D eigenvalue weighted by Crippen LogP contribution is -2.16. The molecule has 0 aliphatic heterocycles. The van der Waals surface area contributed by atoms with Crippen molar-refractivity contribution in [2.75, 3.05) is 24.4 Å². The van der Waals surface area contributed by atoms with Crippen LogP contribution in [0.4, 0.5) is 11.5 Å². The largest absolute Gasteiger partial charge is 0.497 e. The maximum absolute atomic E-state index is 12.7. The molecular weight excluding hydrogens is 469 g/mol. The monoisotopic (exact) mass is 487 g/mol. The molecule has 0 aliphatic carbocycles. The number of pyridine rings is 2. The Morgan fingerprint density at radius 1 is 1.19 bits per heavy atom. The van der Waals surface area contributed by atoms with E-state index in [1.165, 1.54) is 11.8 Å². The van der Waals surface area contributed by atoms with Crippen LogP contribution in [0.5, 0.6) is 5.75 Å². The smallest absolute Gasteiger partial charge is 0.230 e. The number of hydrogen-bond acceptors (Lipinski definition) is 6. The number of rotatable bonds is 6. The van der Waals surface area contributed by atoms with E-state index in [2.05, 4.69) is 10.3 Å². The zero-order chi connectivity index (χ0) is 22.8. The van der Waals surface area contributed by atoms with Gasteiger partial charge in [0.05, 0.1) is 29.9 Å². The summed E-state index contributed by atoms with van der Waals surface area (Å²) in [5.41, 5.74) is 9.28. The summed E-state index contributed by atoms with van der Waals surface area (Å²) in [6, 6.07) is 12.6. The number of nitrogen functional groups attached to an aromatic ring is 1. The Morgan fingerprint density at radius 2 is 2.00 bits per heavy atom. The maximum atomic E-state index is 12.7. The lowest BCUT2D eigenvalue weighted by molar-refractivity contribution is -0.115. The van der Waals surface area contributed by atoms with Crippen LogP contribution in [0.25, 0.3) is 16.8 Å². The van der Waals surface area contributed by atoms with E-state index < -0.39 is 0 Å². The highest BCUT2D eigenvalue weighted by molar-refractivity contribution is 7.98. The standard InChI is InChI=1S/C22H19Cl2N5O2S/c1-31-12-5-6-13(15(23)10-12)14-4-3-9-29-21(14)27-17(22(29)32-2)11-19(30)26-16-7-8-18(24)28-20(16)25/h3-10H,11H2,1-2H3,(H2,25,28)(H,26,30). The molecule has 3 N–H and O–H groups in total. The molecule has 0 saturated heterocycles. The number of methoxy groups -OCH3 is 1. The van der Waals surface area contributed by atoms with Crippen LogP contribution < -0.4 is 15.8 Å². The van der Waals surface area contributed by atoms with Gasteiger partial charge in [-0.25, -0.2) is 9.97 Å². The van der Waals surface area contributed by atoms with Crippen molar-refractivity contribution in [2.45, 2.75) is 11.4 Å². The number of carbonyl (C=O) groups excluding carboxylic acids is 1. The number of hydrogen-bond donors (Lipinski definition) is 2. The van der Waals surface area contributed by atoms with Crippen LogP contribution in [-0.2, 0) is 11.2 Å². The molecule has 1 amide bonds. The van der Waals surface area contributed by atoms with E-state index in [1.807, 2.05) is 41.1 Å². The molecule has 10 heteroatoms. The number of fused-ring (bicyclic) bond motifs is 1. The molecule has 0 atom stereocenters. The predicted molar refractivity (Wildman–Crippen MR) is 130 cm³/mol. The molecule has 0 saturated carbocycles. The third kappa shape index (κ3) is 4.34. The number of nitrogens with two attached hydrogens (primary N) is 1. The summed E-state index contributed by atoms with van der Waals surface area (Å²) in [4.78, 5) is 21.5. The minimum Gasteiger partial charge on any atom is -0.497 e. The van der Waals surface area contributed by atoms with E-state index in [9.17, 15) is 4.79 Å². The summed E-state index contributed by atoms with van der Waals surface area (Å²) in [6.07, 6.45) is 3.92. The van der Waals surface area contributed by atoms with Gasteiger partial charge in [-0.15, -0.1) is 11.8 Å². The number of anilines is 2. The van der Waals surface area contributed by atoms with Crippen molar-refractivity contribution >= 4 is 58.0 Å². The summed E-state index contributed by atoms with van der Waals surface area (Å²) in [7, 11) is 1.59. The highest BCUT2D eigenvalue weighted by Gasteiger charge is 2.19. The minimum absolute atomic E-state index is 0.0652. The zero-order valence-electron chi connectivity index (χ0n) is 17.2. The van der Waals surface area contributed by atoms with Crippen LogP contribution in [0.3, 0.4) is 0 Å². The van der Waals surface area contributed by atoms with Crippen molar-refractivity contribution in [3.8, 4) is 16.9 Å². The second-order valence-corrected chi connectivity index (χ2v) is 8.41. The number of nitrogens with zero attached hydrogens (tertiary/aromatic N) is 3. The Morgan fingerprint density at radius 3 is 2.69 bits per heavy atom. The number of imidazole rings is 1. The van der Waals surface area contributed by atoms with E-state index in [-0.39, 0.29) is 23.3 Å². The Hall–Kier alpha value is -2.94. The van der Waals surface area contributed by atoms with Gasteiger partial charge in [0.25, 0.3) is 0 Å². The van der Waals surface area contributed by atoms with Crippen LogP contribution in [0, 0.1) is 0 Å². The summed E-state index contributed by atoms with van der Waals surface area (Å²) >= 11 is 13.8. The Bertz CT molecular complexity index is 1330. The van der Waals surface area contributed by atoms with E-state index in [1.54, 1.807) is 25.3 Å². The number of benzene rings is 1. The van der Waals surface area contributed by atoms with Crippen molar-refractivity contribution in [3.05, 3.63) is 64.5 Å². The molecule has 0 radical (unpaired) electrons. The van der Waals surface area contributed by atoms with Crippen molar-refractivity contribution < 1.29 is 9.53 Å². The molecule has 3 heterocycles. The fourth-order valence-corrected chi connectivity index (χ4v) is 4.50. The number of nitrogens with one attached hydrogen (secondary N) is 1. The summed E-state index contributed by atoms with van der Waals surface area (Å²) < 4.78 is 7.21. The first-order chi connectivity index (χ1) is 15.4. The highest BCUT2D eigenvalue weighted by atomic mass is 35.5. The molecule has 32 heavy (non-hydrogen) atoms. The van der Waals surface area contributed by atoms with Crippen molar-refractivity contribution in [2.24, 2.45) is 0 Å². The average molecular weight is 488 g/mol. The molecule has 0 spiro atoms. The van der Waals surface area contributed by atoms with Crippen LogP contribution in [0.2, 0.25) is 10.2 Å². The third-order valence-electron chi connectivity index (χ3n) is 4.83. The van der Waals surface area contributed by atoms with Gasteiger partial charge in [0.1, 0.15) is 27.4 Å². The van der Waals surface area contributed by atoms with Crippen LogP contribution in [-0.4, -0.2) is 33.6 Å². The lowest BCUT2D eigenvalue weighted by atomic mass is 10.1. The van der Waals surface area contributed by atoms with E-state index >= 15 is 0 Å². The van der Waals surface area contributed by atoms with Gasteiger partial charge in [-0.1, -0.05) is 23.2 Å². The highest BCUT2D eigenvalue weighted by Crippen LogP contribution is 2.35. The van der Waals surface area contributed by atoms with Gasteiger partial charge in [-0.2, -0.15) is 0 Å². The Balaban J connectivity index is 1.70. The molecule has 4 rings (SSSR count). The second kappa shape index (κ2) is 9.28. The van der Waals surface area contributed by atoms with Gasteiger partial charge in [0.2, 0.25) is 5.91 Å². The number of amides is 1. The Labute approximate surface area is 198 Å². The topological polar surface area (TPSA) is 94.5 Å².